The van der Waals surface area contributed by atoms with E-state index in [-0.39, 0.29) is 24.9 Å². The molecule has 0 aromatic carbocycles. The van der Waals surface area contributed by atoms with Crippen molar-refractivity contribution in [3.8, 4) is 0 Å². The zero-order valence-electron chi connectivity index (χ0n) is 8.75. The van der Waals surface area contributed by atoms with Crippen LogP contribution in [0.15, 0.2) is 18.3 Å². The molecular weight excluding hydrogens is 221 g/mol. The van der Waals surface area contributed by atoms with Crippen LogP contribution in [0.2, 0.25) is 0 Å². The molecule has 0 spiro atoms. The van der Waals surface area contributed by atoms with Crippen molar-refractivity contribution in [1.29, 1.82) is 0 Å². The van der Waals surface area contributed by atoms with Crippen LogP contribution in [0.1, 0.15) is 18.2 Å². The zero-order chi connectivity index (χ0) is 12.2. The van der Waals surface area contributed by atoms with Crippen molar-refractivity contribution in [2.45, 2.75) is 25.7 Å². The number of pyridine rings is 1. The highest BCUT2D eigenvalue weighted by atomic mass is 19.4. The second kappa shape index (κ2) is 5.27. The molecule has 1 atom stereocenters. The van der Waals surface area contributed by atoms with Crippen molar-refractivity contribution >= 4 is 0 Å². The van der Waals surface area contributed by atoms with E-state index in [0.29, 0.717) is 0 Å². The molecule has 1 aromatic heterocycles. The number of aromatic nitrogens is 1. The summed E-state index contributed by atoms with van der Waals surface area (Å²) in [5, 5.41) is 11.5. The minimum atomic E-state index is -4.40. The number of rotatable bonds is 4. The van der Waals surface area contributed by atoms with E-state index < -0.39 is 11.7 Å². The number of halogens is 3. The molecule has 16 heavy (non-hydrogen) atoms. The van der Waals surface area contributed by atoms with Gasteiger partial charge < -0.3 is 10.4 Å². The summed E-state index contributed by atoms with van der Waals surface area (Å²) in [6, 6.07) is 1.98. The molecule has 3 nitrogen and oxygen atoms in total. The molecule has 6 heteroatoms. The van der Waals surface area contributed by atoms with Gasteiger partial charge in [0.15, 0.2) is 0 Å². The van der Waals surface area contributed by atoms with Crippen LogP contribution in [0.25, 0.3) is 0 Å². The number of aliphatic hydroxyl groups excluding tert-OH is 1. The Hall–Kier alpha value is -1.14. The van der Waals surface area contributed by atoms with Gasteiger partial charge >= 0.3 is 6.18 Å². The van der Waals surface area contributed by atoms with E-state index >= 15 is 0 Å². The number of alkyl halides is 3. The zero-order valence-corrected chi connectivity index (χ0v) is 8.75. The van der Waals surface area contributed by atoms with Gasteiger partial charge in [0.2, 0.25) is 0 Å². The molecule has 90 valence electrons. The van der Waals surface area contributed by atoms with Gasteiger partial charge in [0, 0.05) is 18.8 Å². The quantitative estimate of drug-likeness (QED) is 0.831. The third-order valence-corrected chi connectivity index (χ3v) is 2.09. The average molecular weight is 234 g/mol. The van der Waals surface area contributed by atoms with Crippen molar-refractivity contribution in [3.05, 3.63) is 29.6 Å². The topological polar surface area (TPSA) is 45.1 Å². The summed E-state index contributed by atoms with van der Waals surface area (Å²) >= 11 is 0. The molecular formula is C10H13F3N2O. The van der Waals surface area contributed by atoms with Gasteiger partial charge in [-0.1, -0.05) is 0 Å². The van der Waals surface area contributed by atoms with E-state index in [0.717, 1.165) is 6.07 Å². The smallest absolute Gasteiger partial charge is 0.395 e. The lowest BCUT2D eigenvalue weighted by Crippen LogP contribution is -2.30. The first-order chi connectivity index (χ1) is 7.45. The van der Waals surface area contributed by atoms with Gasteiger partial charge in [0.25, 0.3) is 0 Å². The minimum Gasteiger partial charge on any atom is -0.395 e. The van der Waals surface area contributed by atoms with E-state index in [1.165, 1.54) is 12.3 Å². The largest absolute Gasteiger partial charge is 0.418 e. The number of nitrogens with zero attached hydrogens (tertiary/aromatic N) is 1. The standard InChI is InChI=1S/C10H13F3N2O/c1-7(6-16)15-5-9-8(10(11,12)13)3-2-4-14-9/h2-4,7,15-16H,5-6H2,1H3/t7-/m0/s1. The molecule has 0 fully saturated rings. The van der Waals surface area contributed by atoms with Crippen LogP contribution >= 0.6 is 0 Å². The Morgan fingerprint density at radius 2 is 2.19 bits per heavy atom. The predicted octanol–water partition coefficient (Wildman–Crippen LogP) is 1.57. The molecule has 0 bridgehead atoms. The molecule has 0 saturated carbocycles. The summed E-state index contributed by atoms with van der Waals surface area (Å²) in [6.07, 6.45) is -3.08. The lowest BCUT2D eigenvalue weighted by atomic mass is 10.2. The van der Waals surface area contributed by atoms with Gasteiger partial charge in [0.1, 0.15) is 0 Å². The van der Waals surface area contributed by atoms with Crippen molar-refractivity contribution < 1.29 is 18.3 Å². The molecule has 1 rings (SSSR count). The van der Waals surface area contributed by atoms with Crippen LogP contribution in [0.3, 0.4) is 0 Å². The first kappa shape index (κ1) is 12.9. The summed E-state index contributed by atoms with van der Waals surface area (Å²) in [5.41, 5.74) is -0.803. The summed E-state index contributed by atoms with van der Waals surface area (Å²) in [5.74, 6) is 0. The molecule has 0 aliphatic heterocycles. The van der Waals surface area contributed by atoms with Gasteiger partial charge in [-0.25, -0.2) is 0 Å². The van der Waals surface area contributed by atoms with Gasteiger partial charge in [-0.15, -0.1) is 0 Å². The third-order valence-electron chi connectivity index (χ3n) is 2.09. The van der Waals surface area contributed by atoms with Gasteiger partial charge in [-0.2, -0.15) is 13.2 Å². The Morgan fingerprint density at radius 3 is 2.75 bits per heavy atom. The predicted molar refractivity (Wildman–Crippen MR) is 52.6 cm³/mol. The number of hydrogen-bond donors (Lipinski definition) is 2. The number of aliphatic hydroxyl groups is 1. The molecule has 1 heterocycles. The Balaban J connectivity index is 2.80. The molecule has 2 N–H and O–H groups in total. The van der Waals surface area contributed by atoms with Crippen LogP contribution in [-0.2, 0) is 12.7 Å². The minimum absolute atomic E-state index is 0.0165. The molecule has 1 aromatic rings. The maximum Gasteiger partial charge on any atom is 0.418 e. The monoisotopic (exact) mass is 234 g/mol. The summed E-state index contributed by atoms with van der Waals surface area (Å²) < 4.78 is 37.6. The molecule has 0 aliphatic carbocycles. The SMILES string of the molecule is C[C@@H](CO)NCc1ncccc1C(F)(F)F. The highest BCUT2D eigenvalue weighted by Crippen LogP contribution is 2.30. The Labute approximate surface area is 91.3 Å². The Morgan fingerprint density at radius 1 is 1.50 bits per heavy atom. The summed E-state index contributed by atoms with van der Waals surface area (Å²) in [6.45, 7) is 1.53. The third kappa shape index (κ3) is 3.46. The molecule has 0 aliphatic rings. The Kier molecular flexibility index (Phi) is 4.26. The van der Waals surface area contributed by atoms with Crippen LogP contribution in [-0.4, -0.2) is 22.7 Å². The van der Waals surface area contributed by atoms with Crippen molar-refractivity contribution in [1.82, 2.24) is 10.3 Å². The average Bonchev–Trinajstić information content (AvgIpc) is 2.25. The fourth-order valence-corrected chi connectivity index (χ4v) is 1.17. The molecule has 0 radical (unpaired) electrons. The maximum atomic E-state index is 12.5. The van der Waals surface area contributed by atoms with Crippen LogP contribution < -0.4 is 5.32 Å². The lowest BCUT2D eigenvalue weighted by Gasteiger charge is -2.14. The second-order valence-corrected chi connectivity index (χ2v) is 3.46. The van der Waals surface area contributed by atoms with E-state index in [4.69, 9.17) is 5.11 Å². The number of hydrogen-bond acceptors (Lipinski definition) is 3. The van der Waals surface area contributed by atoms with Crippen LogP contribution in [0.5, 0.6) is 0 Å². The van der Waals surface area contributed by atoms with Gasteiger partial charge in [0.05, 0.1) is 17.9 Å². The van der Waals surface area contributed by atoms with Crippen molar-refractivity contribution in [2.75, 3.05) is 6.61 Å². The normalized spacial score (nSPS) is 13.8. The molecule has 0 amide bonds. The summed E-state index contributed by atoms with van der Waals surface area (Å²) in [7, 11) is 0. The number of nitrogens with one attached hydrogen (secondary N) is 1. The second-order valence-electron chi connectivity index (χ2n) is 3.46. The van der Waals surface area contributed by atoms with E-state index in [1.807, 2.05) is 0 Å². The van der Waals surface area contributed by atoms with Crippen molar-refractivity contribution in [2.24, 2.45) is 0 Å². The van der Waals surface area contributed by atoms with Crippen molar-refractivity contribution in [3.63, 3.8) is 0 Å². The van der Waals surface area contributed by atoms with E-state index in [9.17, 15) is 13.2 Å². The van der Waals surface area contributed by atoms with E-state index in [1.54, 1.807) is 6.92 Å². The van der Waals surface area contributed by atoms with E-state index in [2.05, 4.69) is 10.3 Å². The van der Waals surface area contributed by atoms with Crippen LogP contribution in [0.4, 0.5) is 13.2 Å². The van der Waals surface area contributed by atoms with Gasteiger partial charge in [-0.05, 0) is 19.1 Å². The molecule has 0 unspecified atom stereocenters. The fraction of sp³-hybridized carbons (Fsp3) is 0.500. The highest BCUT2D eigenvalue weighted by molar-refractivity contribution is 5.22. The molecule has 0 saturated heterocycles. The first-order valence-corrected chi connectivity index (χ1v) is 4.80. The lowest BCUT2D eigenvalue weighted by molar-refractivity contribution is -0.138. The maximum absolute atomic E-state index is 12.5. The fourth-order valence-electron chi connectivity index (χ4n) is 1.17. The Bertz CT molecular complexity index is 341. The first-order valence-electron chi connectivity index (χ1n) is 4.80. The highest BCUT2D eigenvalue weighted by Gasteiger charge is 2.33. The summed E-state index contributed by atoms with van der Waals surface area (Å²) in [4.78, 5) is 3.69. The van der Waals surface area contributed by atoms with Gasteiger partial charge in [-0.3, -0.25) is 4.98 Å². The van der Waals surface area contributed by atoms with Crippen LogP contribution in [0, 0.1) is 0 Å².